The average Bonchev–Trinajstić information content (AvgIpc) is 3.45. The van der Waals surface area contributed by atoms with Crippen LogP contribution in [0.5, 0.6) is 0 Å². The van der Waals surface area contributed by atoms with E-state index in [1.807, 2.05) is 47.8 Å². The number of carbonyl (C=O) groups excluding carboxylic acids is 1. The molecule has 5 rings (SSSR count). The van der Waals surface area contributed by atoms with Crippen LogP contribution in [0.2, 0.25) is 0 Å². The zero-order valence-corrected chi connectivity index (χ0v) is 19.6. The number of hydrogen-bond acceptors (Lipinski definition) is 6. The first-order chi connectivity index (χ1) is 16.0. The highest BCUT2D eigenvalue weighted by Gasteiger charge is 2.32. The van der Waals surface area contributed by atoms with E-state index in [1.54, 1.807) is 6.20 Å². The monoisotopic (exact) mass is 445 g/mol. The Balaban J connectivity index is 1.45. The number of aryl methyl sites for hydroxylation is 2. The maximum atomic E-state index is 13.4. The number of anilines is 1. The molecule has 2 atom stereocenters. The number of aliphatic imine (C=N–C) groups is 1. The third kappa shape index (κ3) is 4.10. The number of likely N-dealkylation sites (tertiary alicyclic amines) is 1. The second kappa shape index (κ2) is 8.92. The van der Waals surface area contributed by atoms with Crippen molar-refractivity contribution in [1.29, 1.82) is 0 Å². The molecule has 0 aromatic carbocycles. The molecule has 33 heavy (non-hydrogen) atoms. The number of hydrogen-bond donors (Lipinski definition) is 0. The van der Waals surface area contributed by atoms with Gasteiger partial charge in [0.15, 0.2) is 5.65 Å². The third-order valence-corrected chi connectivity index (χ3v) is 6.83. The van der Waals surface area contributed by atoms with Gasteiger partial charge in [0.2, 0.25) is 0 Å². The molecule has 1 amide bonds. The Morgan fingerprint density at radius 2 is 2.06 bits per heavy atom. The van der Waals surface area contributed by atoms with Crippen LogP contribution in [-0.2, 0) is 0 Å². The fourth-order valence-corrected chi connectivity index (χ4v) is 5.14. The maximum Gasteiger partial charge on any atom is 0.273 e. The molecule has 2 fully saturated rings. The fraction of sp³-hybridized carbons (Fsp3) is 0.480. The van der Waals surface area contributed by atoms with Crippen molar-refractivity contribution in [2.24, 2.45) is 10.9 Å². The minimum Gasteiger partial charge on any atom is -0.356 e. The first kappa shape index (κ1) is 21.6. The highest BCUT2D eigenvalue weighted by Crippen LogP contribution is 2.33. The Labute approximate surface area is 194 Å². The number of nitrogens with zero attached hydrogens (tertiary/aromatic N) is 7. The molecule has 0 saturated carbocycles. The third-order valence-electron chi connectivity index (χ3n) is 6.83. The van der Waals surface area contributed by atoms with Crippen LogP contribution in [-0.4, -0.2) is 63.3 Å². The molecule has 3 aromatic rings. The van der Waals surface area contributed by atoms with E-state index in [-0.39, 0.29) is 11.9 Å². The molecule has 2 saturated heterocycles. The summed E-state index contributed by atoms with van der Waals surface area (Å²) in [4.78, 5) is 31.2. The molecular formula is C25H31N7O. The second-order valence-electron chi connectivity index (χ2n) is 9.20. The normalized spacial score (nSPS) is 21.4. The van der Waals surface area contributed by atoms with Gasteiger partial charge in [0.1, 0.15) is 11.5 Å². The largest absolute Gasteiger partial charge is 0.356 e. The molecule has 8 nitrogen and oxygen atoms in total. The van der Waals surface area contributed by atoms with Crippen molar-refractivity contribution in [3.05, 3.63) is 53.1 Å². The molecule has 0 bridgehead atoms. The van der Waals surface area contributed by atoms with Gasteiger partial charge >= 0.3 is 0 Å². The Kier molecular flexibility index (Phi) is 5.83. The Morgan fingerprint density at radius 1 is 1.18 bits per heavy atom. The van der Waals surface area contributed by atoms with E-state index in [9.17, 15) is 4.79 Å². The molecule has 8 heteroatoms. The number of fused-ring (bicyclic) bond motifs is 1. The van der Waals surface area contributed by atoms with Gasteiger partial charge in [0.25, 0.3) is 5.91 Å². The molecule has 0 radical (unpaired) electrons. The van der Waals surface area contributed by atoms with Crippen molar-refractivity contribution < 1.29 is 4.79 Å². The number of pyridine rings is 1. The molecular weight excluding hydrogens is 414 g/mol. The van der Waals surface area contributed by atoms with Crippen LogP contribution in [0.3, 0.4) is 0 Å². The van der Waals surface area contributed by atoms with E-state index in [2.05, 4.69) is 28.0 Å². The topological polar surface area (TPSA) is 79.0 Å². The number of rotatable bonds is 4. The van der Waals surface area contributed by atoms with Crippen molar-refractivity contribution in [3.63, 3.8) is 0 Å². The molecule has 172 valence electrons. The molecule has 0 aliphatic carbocycles. The van der Waals surface area contributed by atoms with Crippen LogP contribution in [0.4, 0.5) is 5.82 Å². The zero-order chi connectivity index (χ0) is 22.9. The summed E-state index contributed by atoms with van der Waals surface area (Å²) in [6, 6.07) is 5.79. The van der Waals surface area contributed by atoms with Crippen LogP contribution < -0.4 is 4.90 Å². The van der Waals surface area contributed by atoms with Gasteiger partial charge < -0.3 is 14.8 Å². The second-order valence-corrected chi connectivity index (χ2v) is 9.20. The SMILES string of the molecule is CN=CC1CCN(c2nc3cc(C4CCCCN4C(=O)c4ncccc4C)nn3cc2C)C1. The van der Waals surface area contributed by atoms with E-state index in [1.165, 1.54) is 0 Å². The minimum atomic E-state index is -0.0601. The molecule has 0 spiro atoms. The minimum absolute atomic E-state index is 0.0135. The van der Waals surface area contributed by atoms with E-state index < -0.39 is 0 Å². The van der Waals surface area contributed by atoms with E-state index >= 15 is 0 Å². The molecule has 2 unspecified atom stereocenters. The lowest BCUT2D eigenvalue weighted by molar-refractivity contribution is 0.0598. The maximum absolute atomic E-state index is 13.4. The fourth-order valence-electron chi connectivity index (χ4n) is 5.14. The van der Waals surface area contributed by atoms with Gasteiger partial charge in [-0.1, -0.05) is 6.07 Å². The van der Waals surface area contributed by atoms with Gasteiger partial charge in [-0.05, 0) is 51.2 Å². The Bertz CT molecular complexity index is 1200. The van der Waals surface area contributed by atoms with Gasteiger partial charge in [-0.25, -0.2) is 9.50 Å². The van der Waals surface area contributed by atoms with E-state index in [0.717, 1.165) is 73.6 Å². The summed E-state index contributed by atoms with van der Waals surface area (Å²) < 4.78 is 1.86. The van der Waals surface area contributed by atoms with Crippen LogP contribution in [0.25, 0.3) is 5.65 Å². The number of amides is 1. The first-order valence-corrected chi connectivity index (χ1v) is 11.8. The smallest absolute Gasteiger partial charge is 0.273 e. The standard InChI is InChI=1S/C25H31N7O/c1-17-7-6-10-27-23(17)25(33)31-11-5-4-8-21(31)20-13-22-28-24(18(2)15-32(22)29-20)30-12-9-19(16-30)14-26-3/h6-7,10,13-15,19,21H,4-5,8-9,11-12,16H2,1-3H3. The highest BCUT2D eigenvalue weighted by molar-refractivity contribution is 5.94. The Hall–Kier alpha value is -3.29. The van der Waals surface area contributed by atoms with Crippen molar-refractivity contribution in [3.8, 4) is 0 Å². The van der Waals surface area contributed by atoms with Gasteiger partial charge in [-0.15, -0.1) is 0 Å². The Morgan fingerprint density at radius 3 is 2.88 bits per heavy atom. The summed E-state index contributed by atoms with van der Waals surface area (Å²) in [5, 5.41) is 4.86. The van der Waals surface area contributed by atoms with E-state index in [4.69, 9.17) is 10.1 Å². The summed E-state index contributed by atoms with van der Waals surface area (Å²) in [6.07, 6.45) is 9.87. The quantitative estimate of drug-likeness (QED) is 0.573. The lowest BCUT2D eigenvalue weighted by atomic mass is 9.98. The molecule has 2 aliphatic rings. The zero-order valence-electron chi connectivity index (χ0n) is 19.6. The van der Waals surface area contributed by atoms with Gasteiger partial charge in [-0.3, -0.25) is 9.78 Å². The van der Waals surface area contributed by atoms with Crippen LogP contribution in [0.15, 0.2) is 35.6 Å². The summed E-state index contributed by atoms with van der Waals surface area (Å²) in [5.41, 5.74) is 4.26. The predicted octanol–water partition coefficient (Wildman–Crippen LogP) is 3.64. The van der Waals surface area contributed by atoms with Crippen molar-refractivity contribution in [1.82, 2.24) is 24.5 Å². The van der Waals surface area contributed by atoms with Crippen molar-refractivity contribution in [2.75, 3.05) is 31.6 Å². The summed E-state index contributed by atoms with van der Waals surface area (Å²) in [6.45, 7) is 6.67. The van der Waals surface area contributed by atoms with E-state index in [0.29, 0.717) is 11.6 Å². The van der Waals surface area contributed by atoms with Crippen LogP contribution in [0, 0.1) is 19.8 Å². The summed E-state index contributed by atoms with van der Waals surface area (Å²) >= 11 is 0. The van der Waals surface area contributed by atoms with Gasteiger partial charge in [0, 0.05) is 62.8 Å². The summed E-state index contributed by atoms with van der Waals surface area (Å²) in [5.74, 6) is 1.48. The number of aromatic nitrogens is 4. The summed E-state index contributed by atoms with van der Waals surface area (Å²) in [7, 11) is 1.83. The van der Waals surface area contributed by atoms with Crippen LogP contribution in [0.1, 0.15) is 59.0 Å². The number of piperidine rings is 1. The predicted molar refractivity (Wildman–Crippen MR) is 129 cm³/mol. The van der Waals surface area contributed by atoms with Gasteiger partial charge in [0.05, 0.1) is 11.7 Å². The molecule has 0 N–H and O–H groups in total. The van der Waals surface area contributed by atoms with Crippen molar-refractivity contribution >= 4 is 23.6 Å². The lowest BCUT2D eigenvalue weighted by Gasteiger charge is -2.34. The molecule has 2 aliphatic heterocycles. The lowest BCUT2D eigenvalue weighted by Crippen LogP contribution is -2.39. The van der Waals surface area contributed by atoms with Crippen LogP contribution >= 0.6 is 0 Å². The van der Waals surface area contributed by atoms with Gasteiger partial charge in [-0.2, -0.15) is 5.10 Å². The number of carbonyl (C=O) groups is 1. The highest BCUT2D eigenvalue weighted by atomic mass is 16.2. The first-order valence-electron chi connectivity index (χ1n) is 11.8. The average molecular weight is 446 g/mol. The molecule has 3 aromatic heterocycles. The molecule has 5 heterocycles. The van der Waals surface area contributed by atoms with Crippen molar-refractivity contribution in [2.45, 2.75) is 45.6 Å².